The Labute approximate surface area is 211 Å². The van der Waals surface area contributed by atoms with Gasteiger partial charge in [0.15, 0.2) is 0 Å². The lowest BCUT2D eigenvalue weighted by Crippen LogP contribution is -2.27. The Bertz CT molecular complexity index is 375. The molecule has 0 unspecified atom stereocenters. The highest BCUT2D eigenvalue weighted by Crippen LogP contribution is 2.16. The summed E-state index contributed by atoms with van der Waals surface area (Å²) in [6.07, 6.45) is 33.8. The summed E-state index contributed by atoms with van der Waals surface area (Å²) in [6, 6.07) is 0. The molecule has 0 aliphatic carbocycles. The minimum absolute atomic E-state index is 1.22. The normalized spacial score (nSPS) is 11.5. The molecule has 0 aliphatic heterocycles. The van der Waals surface area contributed by atoms with Crippen molar-refractivity contribution in [2.45, 2.75) is 175 Å². The predicted molar refractivity (Wildman–Crippen MR) is 153 cm³/mol. The lowest BCUT2D eigenvalue weighted by Gasteiger charge is -2.22. The maximum atomic E-state index is 4.40. The molecule has 0 heterocycles. The summed E-state index contributed by atoms with van der Waals surface area (Å²) < 4.78 is 0. The van der Waals surface area contributed by atoms with Crippen molar-refractivity contribution in [1.82, 2.24) is 4.90 Å². The van der Waals surface area contributed by atoms with Gasteiger partial charge < -0.3 is 4.90 Å². The van der Waals surface area contributed by atoms with Crippen LogP contribution in [0.1, 0.15) is 175 Å². The second-order valence-electron chi connectivity index (χ2n) is 10.8. The van der Waals surface area contributed by atoms with Crippen LogP contribution in [0.4, 0.5) is 0 Å². The van der Waals surface area contributed by atoms with Crippen LogP contribution in [0, 0.1) is 0 Å². The average molecular weight is 464 g/mol. The highest BCUT2D eigenvalue weighted by Gasteiger charge is 2.05. The lowest BCUT2D eigenvalue weighted by atomic mass is 10.0. The van der Waals surface area contributed by atoms with E-state index in [4.69, 9.17) is 0 Å². The molecule has 0 rings (SSSR count). The molecule has 0 N–H and O–H groups in total. The molecule has 198 valence electrons. The lowest BCUT2D eigenvalue weighted by molar-refractivity contribution is 0.269. The Morgan fingerprint density at radius 1 is 0.394 bits per heavy atom. The van der Waals surface area contributed by atoms with Gasteiger partial charge in [0.25, 0.3) is 0 Å². The standard InChI is InChI=1S/C32H65N/c1-5-8-10-12-14-16-18-19-21-23-25-27-32(4)28-31-33(29-7-3)30-26-24-22-20-17-15-13-11-9-6-2/h4-31H2,1-3H3. The third-order valence-corrected chi connectivity index (χ3v) is 7.28. The highest BCUT2D eigenvalue weighted by molar-refractivity contribution is 4.94. The Hall–Kier alpha value is -0.300. The van der Waals surface area contributed by atoms with Gasteiger partial charge in [-0.25, -0.2) is 0 Å². The summed E-state index contributed by atoms with van der Waals surface area (Å²) in [7, 11) is 0. The minimum atomic E-state index is 1.22. The smallest absolute Gasteiger partial charge is 0.00185 e. The molecule has 0 saturated heterocycles. The van der Waals surface area contributed by atoms with Crippen LogP contribution in [0.5, 0.6) is 0 Å². The van der Waals surface area contributed by atoms with Gasteiger partial charge in [-0.1, -0.05) is 155 Å². The zero-order valence-electron chi connectivity index (χ0n) is 23.7. The fourth-order valence-corrected chi connectivity index (χ4v) is 4.95. The van der Waals surface area contributed by atoms with Gasteiger partial charge in [-0.3, -0.25) is 0 Å². The topological polar surface area (TPSA) is 3.24 Å². The highest BCUT2D eigenvalue weighted by atomic mass is 15.1. The molecule has 1 nitrogen and oxygen atoms in total. The largest absolute Gasteiger partial charge is 0.303 e. The first kappa shape index (κ1) is 32.7. The summed E-state index contributed by atoms with van der Waals surface area (Å²) in [6.45, 7) is 15.1. The fraction of sp³-hybridized carbons (Fsp3) is 0.938. The molecular formula is C32H65N. The second kappa shape index (κ2) is 27.9. The second-order valence-corrected chi connectivity index (χ2v) is 10.8. The van der Waals surface area contributed by atoms with E-state index in [0.717, 1.165) is 0 Å². The molecule has 0 bridgehead atoms. The molecule has 0 spiro atoms. The van der Waals surface area contributed by atoms with Gasteiger partial charge >= 0.3 is 0 Å². The van der Waals surface area contributed by atoms with Crippen LogP contribution in [0.15, 0.2) is 12.2 Å². The van der Waals surface area contributed by atoms with E-state index in [0.29, 0.717) is 0 Å². The minimum Gasteiger partial charge on any atom is -0.303 e. The van der Waals surface area contributed by atoms with Crippen LogP contribution >= 0.6 is 0 Å². The summed E-state index contributed by atoms with van der Waals surface area (Å²) in [5, 5.41) is 0. The zero-order chi connectivity index (χ0) is 24.2. The van der Waals surface area contributed by atoms with E-state index in [1.54, 1.807) is 0 Å². The van der Waals surface area contributed by atoms with Gasteiger partial charge in [0.05, 0.1) is 0 Å². The Balaban J connectivity index is 3.55. The third kappa shape index (κ3) is 26.2. The van der Waals surface area contributed by atoms with Gasteiger partial charge in [-0.2, -0.15) is 0 Å². The Morgan fingerprint density at radius 2 is 0.788 bits per heavy atom. The van der Waals surface area contributed by atoms with Crippen molar-refractivity contribution in [3.8, 4) is 0 Å². The summed E-state index contributed by atoms with van der Waals surface area (Å²) in [4.78, 5) is 2.70. The van der Waals surface area contributed by atoms with Gasteiger partial charge in [0.1, 0.15) is 0 Å². The van der Waals surface area contributed by atoms with Gasteiger partial charge in [0, 0.05) is 6.54 Å². The third-order valence-electron chi connectivity index (χ3n) is 7.28. The van der Waals surface area contributed by atoms with E-state index >= 15 is 0 Å². The summed E-state index contributed by atoms with van der Waals surface area (Å²) in [5.74, 6) is 0. The molecule has 0 aromatic heterocycles. The van der Waals surface area contributed by atoms with Crippen LogP contribution in [0.25, 0.3) is 0 Å². The fourth-order valence-electron chi connectivity index (χ4n) is 4.95. The van der Waals surface area contributed by atoms with Crippen LogP contribution in [-0.4, -0.2) is 24.5 Å². The van der Waals surface area contributed by atoms with Crippen molar-refractivity contribution in [1.29, 1.82) is 0 Å². The zero-order valence-corrected chi connectivity index (χ0v) is 23.7. The first-order valence-corrected chi connectivity index (χ1v) is 15.6. The molecule has 0 aliphatic rings. The van der Waals surface area contributed by atoms with E-state index in [2.05, 4.69) is 32.3 Å². The average Bonchev–Trinajstić information content (AvgIpc) is 2.82. The number of nitrogens with zero attached hydrogens (tertiary/aromatic N) is 1. The molecule has 0 fully saturated rings. The van der Waals surface area contributed by atoms with Gasteiger partial charge in [-0.15, -0.1) is 0 Å². The monoisotopic (exact) mass is 464 g/mol. The number of hydrogen-bond acceptors (Lipinski definition) is 1. The maximum absolute atomic E-state index is 4.40. The van der Waals surface area contributed by atoms with Crippen molar-refractivity contribution in [2.24, 2.45) is 0 Å². The maximum Gasteiger partial charge on any atom is 0.00185 e. The van der Waals surface area contributed by atoms with E-state index in [1.165, 1.54) is 179 Å². The van der Waals surface area contributed by atoms with E-state index in [9.17, 15) is 0 Å². The van der Waals surface area contributed by atoms with Crippen LogP contribution in [0.3, 0.4) is 0 Å². The van der Waals surface area contributed by atoms with E-state index in [-0.39, 0.29) is 0 Å². The molecular weight excluding hydrogens is 398 g/mol. The molecule has 0 aromatic rings. The molecule has 0 aromatic carbocycles. The predicted octanol–water partition coefficient (Wildman–Crippen LogP) is 11.3. The molecule has 0 amide bonds. The van der Waals surface area contributed by atoms with Crippen LogP contribution in [-0.2, 0) is 0 Å². The number of hydrogen-bond donors (Lipinski definition) is 0. The first-order chi connectivity index (χ1) is 16.2. The first-order valence-electron chi connectivity index (χ1n) is 15.6. The van der Waals surface area contributed by atoms with Crippen molar-refractivity contribution in [3.05, 3.63) is 12.2 Å². The summed E-state index contributed by atoms with van der Waals surface area (Å²) in [5.41, 5.74) is 1.50. The van der Waals surface area contributed by atoms with Crippen molar-refractivity contribution in [3.63, 3.8) is 0 Å². The Kier molecular flexibility index (Phi) is 27.7. The quantitative estimate of drug-likeness (QED) is 0.0823. The van der Waals surface area contributed by atoms with E-state index in [1.807, 2.05) is 0 Å². The molecule has 0 saturated carbocycles. The van der Waals surface area contributed by atoms with Crippen LogP contribution < -0.4 is 0 Å². The van der Waals surface area contributed by atoms with Crippen molar-refractivity contribution in [2.75, 3.05) is 19.6 Å². The van der Waals surface area contributed by atoms with Crippen molar-refractivity contribution < 1.29 is 0 Å². The Morgan fingerprint density at radius 3 is 1.21 bits per heavy atom. The van der Waals surface area contributed by atoms with Crippen LogP contribution in [0.2, 0.25) is 0 Å². The van der Waals surface area contributed by atoms with E-state index < -0.39 is 0 Å². The number of rotatable bonds is 28. The molecule has 33 heavy (non-hydrogen) atoms. The molecule has 0 radical (unpaired) electrons. The summed E-state index contributed by atoms with van der Waals surface area (Å²) >= 11 is 0. The van der Waals surface area contributed by atoms with Gasteiger partial charge in [-0.05, 0) is 45.2 Å². The molecule has 0 atom stereocenters. The SMILES string of the molecule is C=C(CCCCCCCCCCCCC)CCN(CCC)CCCCCCCCCCCC. The number of unbranched alkanes of at least 4 members (excludes halogenated alkanes) is 19. The van der Waals surface area contributed by atoms with Crippen molar-refractivity contribution >= 4 is 0 Å². The molecule has 1 heteroatoms. The van der Waals surface area contributed by atoms with Gasteiger partial charge in [0.2, 0.25) is 0 Å².